The van der Waals surface area contributed by atoms with Gasteiger partial charge in [0.15, 0.2) is 17.2 Å². The number of hydrogen-bond acceptors (Lipinski definition) is 5. The Morgan fingerprint density at radius 1 is 1.09 bits per heavy atom. The van der Waals surface area contributed by atoms with Crippen LogP contribution in [-0.2, 0) is 4.79 Å². The average Bonchev–Trinajstić information content (AvgIpc) is 2.84. The molecule has 7 nitrogen and oxygen atoms in total. The second-order valence-corrected chi connectivity index (χ2v) is 9.66. The van der Waals surface area contributed by atoms with Gasteiger partial charge in [-0.2, -0.15) is 0 Å². The predicted molar refractivity (Wildman–Crippen MR) is 120 cm³/mol. The average molecular weight is 449 g/mol. The second kappa shape index (κ2) is 7.68. The van der Waals surface area contributed by atoms with Crippen molar-refractivity contribution in [2.75, 3.05) is 13.2 Å². The van der Waals surface area contributed by atoms with Crippen molar-refractivity contribution in [3.63, 3.8) is 0 Å². The van der Waals surface area contributed by atoms with Crippen molar-refractivity contribution in [3.8, 4) is 17.2 Å². The lowest BCUT2D eigenvalue weighted by atomic mass is 9.60. The SMILES string of the molecule is C[C@H](NC(=O)[C@H]1C[C@H]2CC[C@H]1C[C@]21NC(=O)c2ccccc2O1)c1ccc2c(c1)OCCO2. The van der Waals surface area contributed by atoms with Crippen LogP contribution in [0.2, 0.25) is 0 Å². The van der Waals surface area contributed by atoms with Crippen molar-refractivity contribution in [3.05, 3.63) is 53.6 Å². The molecule has 7 rings (SSSR count). The van der Waals surface area contributed by atoms with E-state index in [-0.39, 0.29) is 35.6 Å². The fourth-order valence-corrected chi connectivity index (χ4v) is 6.01. The van der Waals surface area contributed by atoms with E-state index in [0.717, 1.165) is 29.9 Å². The van der Waals surface area contributed by atoms with E-state index in [9.17, 15) is 9.59 Å². The van der Waals surface area contributed by atoms with Gasteiger partial charge in [-0.25, -0.2) is 0 Å². The fraction of sp³-hybridized carbons (Fsp3) is 0.462. The summed E-state index contributed by atoms with van der Waals surface area (Å²) in [6.45, 7) is 3.08. The van der Waals surface area contributed by atoms with Gasteiger partial charge in [0.2, 0.25) is 5.91 Å². The third-order valence-corrected chi connectivity index (χ3v) is 7.73. The van der Waals surface area contributed by atoms with Gasteiger partial charge in [0.25, 0.3) is 5.91 Å². The molecule has 2 aromatic carbocycles. The molecule has 5 atom stereocenters. The van der Waals surface area contributed by atoms with Crippen molar-refractivity contribution in [1.29, 1.82) is 0 Å². The van der Waals surface area contributed by atoms with Crippen LogP contribution in [-0.4, -0.2) is 30.8 Å². The van der Waals surface area contributed by atoms with Crippen LogP contribution in [0.3, 0.4) is 0 Å². The molecule has 5 aliphatic rings. The quantitative estimate of drug-likeness (QED) is 0.750. The Hall–Kier alpha value is -3.22. The summed E-state index contributed by atoms with van der Waals surface area (Å²) in [5.74, 6) is 2.31. The van der Waals surface area contributed by atoms with Crippen LogP contribution in [0.5, 0.6) is 17.2 Å². The lowest BCUT2D eigenvalue weighted by molar-refractivity contribution is -0.147. The number of para-hydroxylation sites is 1. The number of ether oxygens (including phenoxy) is 3. The lowest BCUT2D eigenvalue weighted by Gasteiger charge is -2.55. The molecular weight excluding hydrogens is 420 g/mol. The molecule has 172 valence electrons. The monoisotopic (exact) mass is 448 g/mol. The molecular formula is C26H28N2O5. The summed E-state index contributed by atoms with van der Waals surface area (Å²) in [4.78, 5) is 26.1. The summed E-state index contributed by atoms with van der Waals surface area (Å²) in [6, 6.07) is 13.1. The first-order valence-corrected chi connectivity index (χ1v) is 11.8. The number of hydrogen-bond donors (Lipinski definition) is 2. The van der Waals surface area contributed by atoms with Crippen LogP contribution in [0.1, 0.15) is 54.6 Å². The minimum absolute atomic E-state index is 0.0736. The zero-order valence-corrected chi connectivity index (χ0v) is 18.6. The standard InChI is InChI=1S/C26H28N2O5/c1-15(16-7-9-22-23(12-16)32-11-10-31-22)27-24(29)20-13-18-8-6-17(20)14-26(18)28-25(30)19-4-2-3-5-21(19)33-26/h2-5,7,9,12,15,17-18,20H,6,8,10-11,13-14H2,1H3,(H,27,29)(H,28,30)/t15-,17-,18+,20-,26+/m0/s1. The third-order valence-electron chi connectivity index (χ3n) is 7.73. The van der Waals surface area contributed by atoms with E-state index in [0.29, 0.717) is 37.4 Å². The van der Waals surface area contributed by atoms with Gasteiger partial charge in [-0.3, -0.25) is 9.59 Å². The highest BCUT2D eigenvalue weighted by atomic mass is 16.6. The summed E-state index contributed by atoms with van der Waals surface area (Å²) < 4.78 is 17.7. The number of amides is 2. The number of carbonyl (C=O) groups is 2. The molecule has 0 saturated heterocycles. The molecule has 3 saturated carbocycles. The molecule has 3 fully saturated rings. The Balaban J connectivity index is 1.16. The molecule has 2 aliphatic heterocycles. The summed E-state index contributed by atoms with van der Waals surface area (Å²) in [6.07, 6.45) is 3.30. The van der Waals surface area contributed by atoms with Gasteiger partial charge in [-0.15, -0.1) is 0 Å². The highest BCUT2D eigenvalue weighted by molar-refractivity contribution is 5.98. The molecule has 0 radical (unpaired) electrons. The molecule has 1 spiro atoms. The first-order chi connectivity index (χ1) is 16.0. The smallest absolute Gasteiger partial charge is 0.258 e. The van der Waals surface area contributed by atoms with Gasteiger partial charge in [0.05, 0.1) is 11.6 Å². The maximum atomic E-state index is 13.3. The Morgan fingerprint density at radius 3 is 2.73 bits per heavy atom. The van der Waals surface area contributed by atoms with Crippen molar-refractivity contribution in [1.82, 2.24) is 10.6 Å². The molecule has 3 aliphatic carbocycles. The van der Waals surface area contributed by atoms with E-state index < -0.39 is 5.72 Å². The first-order valence-electron chi connectivity index (χ1n) is 11.8. The molecule has 2 bridgehead atoms. The fourth-order valence-electron chi connectivity index (χ4n) is 6.01. The highest BCUT2D eigenvalue weighted by Gasteiger charge is 2.57. The van der Waals surface area contributed by atoms with Crippen LogP contribution >= 0.6 is 0 Å². The van der Waals surface area contributed by atoms with Gasteiger partial charge >= 0.3 is 0 Å². The Bertz CT molecular complexity index is 1120. The maximum Gasteiger partial charge on any atom is 0.258 e. The molecule has 0 unspecified atom stereocenters. The lowest BCUT2D eigenvalue weighted by Crippen LogP contribution is -2.66. The Labute approximate surface area is 192 Å². The van der Waals surface area contributed by atoms with E-state index in [1.807, 2.05) is 43.3 Å². The third kappa shape index (κ3) is 3.41. The van der Waals surface area contributed by atoms with Crippen molar-refractivity contribution >= 4 is 11.8 Å². The summed E-state index contributed by atoms with van der Waals surface area (Å²) in [5.41, 5.74) is 0.865. The van der Waals surface area contributed by atoms with Crippen LogP contribution in [0.25, 0.3) is 0 Å². The summed E-state index contributed by atoms with van der Waals surface area (Å²) >= 11 is 0. The van der Waals surface area contributed by atoms with Crippen LogP contribution < -0.4 is 24.8 Å². The first kappa shape index (κ1) is 20.4. The van der Waals surface area contributed by atoms with E-state index in [2.05, 4.69) is 10.6 Å². The number of fused-ring (bicyclic) bond motifs is 4. The van der Waals surface area contributed by atoms with Gasteiger partial charge in [0.1, 0.15) is 19.0 Å². The topological polar surface area (TPSA) is 85.9 Å². The second-order valence-electron chi connectivity index (χ2n) is 9.66. The zero-order valence-electron chi connectivity index (χ0n) is 18.6. The van der Waals surface area contributed by atoms with Gasteiger partial charge in [0, 0.05) is 18.3 Å². The van der Waals surface area contributed by atoms with Gasteiger partial charge in [-0.05, 0) is 61.9 Å². The summed E-state index contributed by atoms with van der Waals surface area (Å²) in [7, 11) is 0. The number of carbonyl (C=O) groups excluding carboxylic acids is 2. The maximum absolute atomic E-state index is 13.3. The molecule has 0 aromatic heterocycles. The van der Waals surface area contributed by atoms with Crippen LogP contribution in [0.15, 0.2) is 42.5 Å². The molecule has 2 aromatic rings. The minimum atomic E-state index is -0.702. The van der Waals surface area contributed by atoms with E-state index in [4.69, 9.17) is 14.2 Å². The van der Waals surface area contributed by atoms with Crippen LogP contribution in [0, 0.1) is 17.8 Å². The highest BCUT2D eigenvalue weighted by Crippen LogP contribution is 2.52. The van der Waals surface area contributed by atoms with Crippen molar-refractivity contribution in [2.45, 2.75) is 44.4 Å². The number of rotatable bonds is 3. The summed E-state index contributed by atoms with van der Waals surface area (Å²) in [5, 5.41) is 6.37. The largest absolute Gasteiger partial charge is 0.486 e. The molecule has 2 amide bonds. The number of benzene rings is 2. The Kier molecular flexibility index (Phi) is 4.75. The Morgan fingerprint density at radius 2 is 1.91 bits per heavy atom. The van der Waals surface area contributed by atoms with E-state index in [1.165, 1.54) is 0 Å². The van der Waals surface area contributed by atoms with Crippen molar-refractivity contribution < 1.29 is 23.8 Å². The molecule has 2 heterocycles. The van der Waals surface area contributed by atoms with Crippen LogP contribution in [0.4, 0.5) is 0 Å². The minimum Gasteiger partial charge on any atom is -0.486 e. The number of nitrogens with one attached hydrogen (secondary N) is 2. The van der Waals surface area contributed by atoms with Gasteiger partial charge < -0.3 is 24.8 Å². The molecule has 7 heteroatoms. The van der Waals surface area contributed by atoms with Crippen molar-refractivity contribution in [2.24, 2.45) is 17.8 Å². The van der Waals surface area contributed by atoms with Gasteiger partial charge in [-0.1, -0.05) is 18.2 Å². The molecule has 2 N–H and O–H groups in total. The van der Waals surface area contributed by atoms with E-state index in [1.54, 1.807) is 6.07 Å². The molecule has 33 heavy (non-hydrogen) atoms. The predicted octanol–water partition coefficient (Wildman–Crippen LogP) is 3.59. The normalized spacial score (nSPS) is 30.1. The zero-order chi connectivity index (χ0) is 22.6. The van der Waals surface area contributed by atoms with E-state index >= 15 is 0 Å².